The highest BCUT2D eigenvalue weighted by Gasteiger charge is 2.33. The molecule has 1 rings (SSSR count). The van der Waals surface area contributed by atoms with Crippen molar-refractivity contribution in [3.63, 3.8) is 0 Å². The minimum Gasteiger partial charge on any atom is -0.390 e. The van der Waals surface area contributed by atoms with E-state index < -0.39 is 0 Å². The summed E-state index contributed by atoms with van der Waals surface area (Å²) >= 11 is 0. The van der Waals surface area contributed by atoms with Crippen LogP contribution in [0.3, 0.4) is 0 Å². The minimum atomic E-state index is -0.349. The van der Waals surface area contributed by atoms with Gasteiger partial charge in [-0.1, -0.05) is 39.5 Å². The first-order valence-electron chi connectivity index (χ1n) is 7.20. The molecule has 3 heteroatoms. The average molecular weight is 244 g/mol. The maximum absolute atomic E-state index is 9.95. The first-order chi connectivity index (χ1) is 8.19. The molecular weight excluding hydrogens is 216 g/mol. The third-order valence-electron chi connectivity index (χ3n) is 3.65. The number of unbranched alkanes of at least 4 members (excludes halogenated alkanes) is 2. The van der Waals surface area contributed by atoms with Gasteiger partial charge in [-0.05, 0) is 25.7 Å². The normalized spacial score (nSPS) is 28.2. The Morgan fingerprint density at radius 2 is 1.35 bits per heavy atom. The van der Waals surface area contributed by atoms with E-state index in [2.05, 4.69) is 13.8 Å². The van der Waals surface area contributed by atoms with Crippen LogP contribution in [-0.2, 0) is 4.74 Å². The zero-order valence-electron chi connectivity index (χ0n) is 11.3. The van der Waals surface area contributed by atoms with Crippen molar-refractivity contribution in [1.29, 1.82) is 0 Å². The van der Waals surface area contributed by atoms with Crippen molar-refractivity contribution in [1.82, 2.24) is 0 Å². The smallest absolute Gasteiger partial charge is 0.0840 e. The molecule has 1 saturated heterocycles. The van der Waals surface area contributed by atoms with E-state index in [0.29, 0.717) is 0 Å². The molecule has 0 bridgehead atoms. The predicted molar refractivity (Wildman–Crippen MR) is 69.0 cm³/mol. The standard InChI is InChI=1S/C14H28O3/c1-3-5-7-11(15)13-9-10-14(17-13)12(16)8-6-4-2/h11-16H,3-10H2,1-2H3/t11-,12+,13-,14+. The number of hydrogen-bond donors (Lipinski definition) is 2. The van der Waals surface area contributed by atoms with Gasteiger partial charge in [-0.25, -0.2) is 0 Å². The van der Waals surface area contributed by atoms with Gasteiger partial charge in [0.15, 0.2) is 0 Å². The van der Waals surface area contributed by atoms with E-state index in [9.17, 15) is 10.2 Å². The topological polar surface area (TPSA) is 49.7 Å². The first kappa shape index (κ1) is 14.9. The number of rotatable bonds is 8. The fraction of sp³-hybridized carbons (Fsp3) is 1.00. The summed E-state index contributed by atoms with van der Waals surface area (Å²) in [6.07, 6.45) is 6.91. The summed E-state index contributed by atoms with van der Waals surface area (Å²) in [6.45, 7) is 4.25. The van der Waals surface area contributed by atoms with E-state index >= 15 is 0 Å². The Bertz CT molecular complexity index is 176. The van der Waals surface area contributed by atoms with Crippen molar-refractivity contribution in [2.24, 2.45) is 0 Å². The Morgan fingerprint density at radius 1 is 0.941 bits per heavy atom. The Labute approximate surface area is 105 Å². The molecule has 0 aromatic heterocycles. The molecular formula is C14H28O3. The molecule has 3 nitrogen and oxygen atoms in total. The molecule has 1 aliphatic rings. The number of ether oxygens (including phenoxy) is 1. The Balaban J connectivity index is 2.26. The molecule has 1 aliphatic heterocycles. The second-order valence-electron chi connectivity index (χ2n) is 5.21. The van der Waals surface area contributed by atoms with Crippen molar-refractivity contribution >= 4 is 0 Å². The van der Waals surface area contributed by atoms with Gasteiger partial charge in [-0.3, -0.25) is 0 Å². The fourth-order valence-corrected chi connectivity index (χ4v) is 2.45. The van der Waals surface area contributed by atoms with Crippen molar-refractivity contribution in [2.75, 3.05) is 0 Å². The van der Waals surface area contributed by atoms with Crippen LogP contribution in [0.1, 0.15) is 65.2 Å². The highest BCUT2D eigenvalue weighted by molar-refractivity contribution is 4.83. The molecule has 0 saturated carbocycles. The van der Waals surface area contributed by atoms with Crippen molar-refractivity contribution in [2.45, 2.75) is 89.6 Å². The van der Waals surface area contributed by atoms with Gasteiger partial charge in [-0.15, -0.1) is 0 Å². The van der Waals surface area contributed by atoms with Crippen LogP contribution >= 0.6 is 0 Å². The zero-order chi connectivity index (χ0) is 12.7. The van der Waals surface area contributed by atoms with E-state index in [4.69, 9.17) is 4.74 Å². The predicted octanol–water partition coefficient (Wildman–Crippen LogP) is 2.64. The van der Waals surface area contributed by atoms with E-state index in [0.717, 1.165) is 51.4 Å². The van der Waals surface area contributed by atoms with Crippen LogP contribution in [-0.4, -0.2) is 34.6 Å². The van der Waals surface area contributed by atoms with Gasteiger partial charge >= 0.3 is 0 Å². The summed E-state index contributed by atoms with van der Waals surface area (Å²) in [7, 11) is 0. The van der Waals surface area contributed by atoms with E-state index in [1.807, 2.05) is 0 Å². The highest BCUT2D eigenvalue weighted by Crippen LogP contribution is 2.27. The quantitative estimate of drug-likeness (QED) is 0.690. The van der Waals surface area contributed by atoms with Gasteiger partial charge < -0.3 is 14.9 Å². The first-order valence-corrected chi connectivity index (χ1v) is 7.20. The summed E-state index contributed by atoms with van der Waals surface area (Å²) in [4.78, 5) is 0. The lowest BCUT2D eigenvalue weighted by atomic mass is 10.0. The molecule has 0 unspecified atom stereocenters. The van der Waals surface area contributed by atoms with Crippen LogP contribution in [0.2, 0.25) is 0 Å². The monoisotopic (exact) mass is 244 g/mol. The molecule has 0 spiro atoms. The maximum Gasteiger partial charge on any atom is 0.0840 e. The van der Waals surface area contributed by atoms with Crippen LogP contribution in [0.5, 0.6) is 0 Å². The van der Waals surface area contributed by atoms with E-state index in [1.165, 1.54) is 0 Å². The Morgan fingerprint density at radius 3 is 1.71 bits per heavy atom. The molecule has 2 N–H and O–H groups in total. The maximum atomic E-state index is 9.95. The van der Waals surface area contributed by atoms with Crippen LogP contribution in [0.25, 0.3) is 0 Å². The molecule has 17 heavy (non-hydrogen) atoms. The van der Waals surface area contributed by atoms with Crippen LogP contribution in [0.4, 0.5) is 0 Å². The molecule has 0 radical (unpaired) electrons. The van der Waals surface area contributed by atoms with Gasteiger partial charge in [0.1, 0.15) is 0 Å². The van der Waals surface area contributed by atoms with Gasteiger partial charge in [0.2, 0.25) is 0 Å². The average Bonchev–Trinajstić information content (AvgIpc) is 2.82. The Hall–Kier alpha value is -0.120. The summed E-state index contributed by atoms with van der Waals surface area (Å²) in [6, 6.07) is 0. The molecule has 1 fully saturated rings. The third-order valence-corrected chi connectivity index (χ3v) is 3.65. The fourth-order valence-electron chi connectivity index (χ4n) is 2.45. The lowest BCUT2D eigenvalue weighted by Gasteiger charge is -2.21. The van der Waals surface area contributed by atoms with Gasteiger partial charge in [0.25, 0.3) is 0 Å². The lowest BCUT2D eigenvalue weighted by molar-refractivity contribution is -0.0784. The van der Waals surface area contributed by atoms with Gasteiger partial charge in [0.05, 0.1) is 24.4 Å². The lowest BCUT2D eigenvalue weighted by Crippen LogP contribution is -2.31. The molecule has 1 heterocycles. The molecule has 0 aromatic rings. The van der Waals surface area contributed by atoms with E-state index in [-0.39, 0.29) is 24.4 Å². The largest absolute Gasteiger partial charge is 0.390 e. The number of aliphatic hydroxyl groups is 2. The van der Waals surface area contributed by atoms with Gasteiger partial charge in [0, 0.05) is 0 Å². The Kier molecular flexibility index (Phi) is 7.09. The van der Waals surface area contributed by atoms with Crippen molar-refractivity contribution in [3.8, 4) is 0 Å². The van der Waals surface area contributed by atoms with Crippen molar-refractivity contribution < 1.29 is 14.9 Å². The molecule has 0 amide bonds. The second kappa shape index (κ2) is 8.06. The van der Waals surface area contributed by atoms with Crippen LogP contribution in [0.15, 0.2) is 0 Å². The number of aliphatic hydroxyl groups excluding tert-OH is 2. The van der Waals surface area contributed by atoms with Gasteiger partial charge in [-0.2, -0.15) is 0 Å². The summed E-state index contributed by atoms with van der Waals surface area (Å²) in [5, 5.41) is 19.9. The highest BCUT2D eigenvalue weighted by atomic mass is 16.5. The third kappa shape index (κ3) is 4.94. The second-order valence-corrected chi connectivity index (χ2v) is 5.21. The molecule has 0 aromatic carbocycles. The molecule has 102 valence electrons. The van der Waals surface area contributed by atoms with Crippen LogP contribution in [0, 0.1) is 0 Å². The van der Waals surface area contributed by atoms with Crippen molar-refractivity contribution in [3.05, 3.63) is 0 Å². The molecule has 4 atom stereocenters. The zero-order valence-corrected chi connectivity index (χ0v) is 11.3. The summed E-state index contributed by atoms with van der Waals surface area (Å²) < 4.78 is 5.78. The molecule has 0 aliphatic carbocycles. The number of hydrogen-bond acceptors (Lipinski definition) is 3. The minimum absolute atomic E-state index is 0.0529. The SMILES string of the molecule is CCCC[C@@H](O)[C@H]1CC[C@@H]([C@@H](O)CCCC)O1. The van der Waals surface area contributed by atoms with E-state index in [1.54, 1.807) is 0 Å². The summed E-state index contributed by atoms with van der Waals surface area (Å²) in [5.41, 5.74) is 0. The van der Waals surface area contributed by atoms with Crippen LogP contribution < -0.4 is 0 Å². The summed E-state index contributed by atoms with van der Waals surface area (Å²) in [5.74, 6) is 0.